The van der Waals surface area contributed by atoms with Gasteiger partial charge in [0.2, 0.25) is 0 Å². The van der Waals surface area contributed by atoms with Gasteiger partial charge in [0.15, 0.2) is 0 Å². The van der Waals surface area contributed by atoms with Gasteiger partial charge in [-0.05, 0) is 42.8 Å². The number of nitrogens with zero attached hydrogens (tertiary/aromatic N) is 3. The second-order valence-electron chi connectivity index (χ2n) is 8.44. The summed E-state index contributed by atoms with van der Waals surface area (Å²) < 4.78 is 0. The van der Waals surface area contributed by atoms with E-state index in [2.05, 4.69) is 57.6 Å². The monoisotopic (exact) mass is 421 g/mol. The minimum atomic E-state index is -0.640. The number of amides is 2. The third kappa shape index (κ3) is 5.06. The number of carbonyl (C=O) groups is 2. The molecule has 31 heavy (non-hydrogen) atoms. The number of rotatable bonds is 5. The summed E-state index contributed by atoms with van der Waals surface area (Å²) in [7, 11) is 4.25. The van der Waals surface area contributed by atoms with Crippen LogP contribution >= 0.6 is 0 Å². The molecule has 1 atom stereocenters. The molecule has 7 nitrogen and oxygen atoms in total. The standard InChI is InChI=1S/C24H31N5O2/c1-27-12-14-29(15-13-27)22(18-8-9-21-19(16-18)10-11-28(21)2)17-25-23(30)24(31)26-20-6-4-3-5-7-20/h3-9,16,22H,10-15,17H2,1-2H3,(H,25,30)(H,26,31). The van der Waals surface area contributed by atoms with Crippen LogP contribution in [0.25, 0.3) is 0 Å². The SMILES string of the molecule is CN1CCN(C(CNC(=O)C(=O)Nc2ccccc2)c2ccc3c(c2)CCN3C)CC1. The van der Waals surface area contributed by atoms with E-state index in [1.165, 1.54) is 16.8 Å². The number of para-hydroxylation sites is 1. The van der Waals surface area contributed by atoms with Crippen molar-refractivity contribution in [3.63, 3.8) is 0 Å². The van der Waals surface area contributed by atoms with Crippen molar-refractivity contribution in [1.82, 2.24) is 15.1 Å². The molecule has 0 aromatic heterocycles. The number of anilines is 2. The van der Waals surface area contributed by atoms with Crippen LogP contribution in [0.4, 0.5) is 11.4 Å². The van der Waals surface area contributed by atoms with Gasteiger partial charge in [-0.3, -0.25) is 14.5 Å². The Balaban J connectivity index is 1.46. The van der Waals surface area contributed by atoms with Crippen LogP contribution in [0.2, 0.25) is 0 Å². The van der Waals surface area contributed by atoms with Crippen molar-refractivity contribution < 1.29 is 9.59 Å². The zero-order chi connectivity index (χ0) is 21.8. The molecule has 2 aliphatic rings. The average Bonchev–Trinajstić information content (AvgIpc) is 3.16. The van der Waals surface area contributed by atoms with Crippen LogP contribution in [0.1, 0.15) is 17.2 Å². The van der Waals surface area contributed by atoms with Crippen LogP contribution in [-0.4, -0.2) is 75.0 Å². The Labute approximate surface area is 184 Å². The lowest BCUT2D eigenvalue weighted by Crippen LogP contribution is -2.49. The lowest BCUT2D eigenvalue weighted by Gasteiger charge is -2.38. The Morgan fingerprint density at radius 1 is 0.935 bits per heavy atom. The number of hydrogen-bond acceptors (Lipinski definition) is 5. The van der Waals surface area contributed by atoms with Gasteiger partial charge in [-0.1, -0.05) is 30.3 Å². The number of likely N-dealkylation sites (N-methyl/N-ethyl adjacent to an activating group) is 2. The first-order chi connectivity index (χ1) is 15.0. The van der Waals surface area contributed by atoms with Gasteiger partial charge in [-0.2, -0.15) is 0 Å². The third-order valence-corrected chi connectivity index (χ3v) is 6.29. The van der Waals surface area contributed by atoms with Crippen molar-refractivity contribution in [3.8, 4) is 0 Å². The summed E-state index contributed by atoms with van der Waals surface area (Å²) in [5.74, 6) is -1.25. The first-order valence-corrected chi connectivity index (χ1v) is 10.9. The highest BCUT2D eigenvalue weighted by Gasteiger charge is 2.27. The molecule has 0 aliphatic carbocycles. The van der Waals surface area contributed by atoms with E-state index in [1.807, 2.05) is 18.2 Å². The Hall–Kier alpha value is -2.90. The van der Waals surface area contributed by atoms with Gasteiger partial charge < -0.3 is 20.4 Å². The topological polar surface area (TPSA) is 67.9 Å². The van der Waals surface area contributed by atoms with Crippen molar-refractivity contribution in [1.29, 1.82) is 0 Å². The van der Waals surface area contributed by atoms with Crippen molar-refractivity contribution in [3.05, 3.63) is 59.7 Å². The van der Waals surface area contributed by atoms with Gasteiger partial charge in [0.25, 0.3) is 0 Å². The first-order valence-electron chi connectivity index (χ1n) is 10.9. The molecule has 2 heterocycles. The molecule has 4 rings (SSSR count). The summed E-state index contributed by atoms with van der Waals surface area (Å²) in [4.78, 5) is 31.8. The second kappa shape index (κ2) is 9.49. The molecule has 0 radical (unpaired) electrons. The molecule has 2 amide bonds. The Morgan fingerprint density at radius 3 is 2.42 bits per heavy atom. The first kappa shape index (κ1) is 21.3. The summed E-state index contributed by atoms with van der Waals surface area (Å²) >= 11 is 0. The minimum absolute atomic E-state index is 0.0402. The summed E-state index contributed by atoms with van der Waals surface area (Å²) in [6.45, 7) is 5.29. The van der Waals surface area contributed by atoms with Gasteiger partial charge in [-0.25, -0.2) is 0 Å². The normalized spacial score (nSPS) is 17.8. The van der Waals surface area contributed by atoms with Gasteiger partial charge in [0, 0.05) is 57.7 Å². The molecule has 1 saturated heterocycles. The number of hydrogen-bond donors (Lipinski definition) is 2. The molecule has 1 fully saturated rings. The molecule has 2 aromatic carbocycles. The maximum Gasteiger partial charge on any atom is 0.313 e. The van der Waals surface area contributed by atoms with E-state index in [1.54, 1.807) is 12.1 Å². The average molecular weight is 422 g/mol. The fourth-order valence-corrected chi connectivity index (χ4v) is 4.36. The number of fused-ring (bicyclic) bond motifs is 1. The van der Waals surface area contributed by atoms with E-state index < -0.39 is 11.8 Å². The Bertz CT molecular complexity index is 925. The number of benzene rings is 2. The predicted octanol–water partition coefficient (Wildman–Crippen LogP) is 1.72. The predicted molar refractivity (Wildman–Crippen MR) is 123 cm³/mol. The Morgan fingerprint density at radius 2 is 1.68 bits per heavy atom. The summed E-state index contributed by atoms with van der Waals surface area (Å²) in [6.07, 6.45) is 1.04. The molecule has 2 N–H and O–H groups in total. The third-order valence-electron chi connectivity index (χ3n) is 6.29. The fraction of sp³-hybridized carbons (Fsp3) is 0.417. The van der Waals surface area contributed by atoms with Crippen LogP contribution in [0.5, 0.6) is 0 Å². The molecule has 7 heteroatoms. The number of piperazine rings is 1. The quantitative estimate of drug-likeness (QED) is 0.720. The summed E-state index contributed by atoms with van der Waals surface area (Å²) in [5, 5.41) is 5.52. The van der Waals surface area contributed by atoms with E-state index in [0.717, 1.165) is 39.1 Å². The summed E-state index contributed by atoms with van der Waals surface area (Å²) in [6, 6.07) is 15.7. The van der Waals surface area contributed by atoms with Crippen LogP contribution < -0.4 is 15.5 Å². The lowest BCUT2D eigenvalue weighted by molar-refractivity contribution is -0.136. The largest absolute Gasteiger partial charge is 0.374 e. The van der Waals surface area contributed by atoms with Gasteiger partial charge in [0.1, 0.15) is 0 Å². The van der Waals surface area contributed by atoms with E-state index in [-0.39, 0.29) is 6.04 Å². The molecule has 0 bridgehead atoms. The van der Waals surface area contributed by atoms with E-state index in [4.69, 9.17) is 0 Å². The van der Waals surface area contributed by atoms with Gasteiger partial charge in [0.05, 0.1) is 6.04 Å². The molecule has 2 aromatic rings. The molecule has 164 valence electrons. The molecule has 0 spiro atoms. The van der Waals surface area contributed by atoms with Crippen LogP contribution in [0.3, 0.4) is 0 Å². The molecular weight excluding hydrogens is 390 g/mol. The van der Waals surface area contributed by atoms with Crippen LogP contribution in [0.15, 0.2) is 48.5 Å². The van der Waals surface area contributed by atoms with Gasteiger partial charge in [-0.15, -0.1) is 0 Å². The van der Waals surface area contributed by atoms with E-state index >= 15 is 0 Å². The fourth-order valence-electron chi connectivity index (χ4n) is 4.36. The highest BCUT2D eigenvalue weighted by atomic mass is 16.2. The molecule has 1 unspecified atom stereocenters. The van der Waals surface area contributed by atoms with Crippen molar-refractivity contribution in [2.24, 2.45) is 0 Å². The number of nitrogens with one attached hydrogen (secondary N) is 2. The van der Waals surface area contributed by atoms with E-state index in [9.17, 15) is 9.59 Å². The molecule has 2 aliphatic heterocycles. The highest BCUT2D eigenvalue weighted by Crippen LogP contribution is 2.31. The van der Waals surface area contributed by atoms with Crippen molar-refractivity contribution >= 4 is 23.2 Å². The second-order valence-corrected chi connectivity index (χ2v) is 8.44. The molecule has 0 saturated carbocycles. The Kier molecular flexibility index (Phi) is 6.53. The maximum absolute atomic E-state index is 12.5. The summed E-state index contributed by atoms with van der Waals surface area (Å²) in [5.41, 5.74) is 4.45. The number of carbonyl (C=O) groups excluding carboxylic acids is 2. The lowest BCUT2D eigenvalue weighted by atomic mass is 10.00. The zero-order valence-electron chi connectivity index (χ0n) is 18.3. The molecular formula is C24H31N5O2. The van der Waals surface area contributed by atoms with Crippen LogP contribution in [0, 0.1) is 0 Å². The smallest absolute Gasteiger partial charge is 0.313 e. The maximum atomic E-state index is 12.5. The van der Waals surface area contributed by atoms with E-state index in [0.29, 0.717) is 12.2 Å². The van der Waals surface area contributed by atoms with Crippen molar-refractivity contribution in [2.75, 3.05) is 63.6 Å². The zero-order valence-corrected chi connectivity index (χ0v) is 18.3. The highest BCUT2D eigenvalue weighted by molar-refractivity contribution is 6.39. The van der Waals surface area contributed by atoms with Crippen LogP contribution in [-0.2, 0) is 16.0 Å². The van der Waals surface area contributed by atoms with Gasteiger partial charge >= 0.3 is 11.8 Å². The van der Waals surface area contributed by atoms with Crippen molar-refractivity contribution in [2.45, 2.75) is 12.5 Å². The minimum Gasteiger partial charge on any atom is -0.374 e.